The van der Waals surface area contributed by atoms with Gasteiger partial charge in [-0.1, -0.05) is 46.4 Å². The highest BCUT2D eigenvalue weighted by Gasteiger charge is 2.21. The Balaban J connectivity index is 1.72. The quantitative estimate of drug-likeness (QED) is 0.366. The van der Waals surface area contributed by atoms with Crippen LogP contribution in [0.1, 0.15) is 11.6 Å². The van der Waals surface area contributed by atoms with E-state index < -0.39 is 0 Å². The first-order valence-electron chi connectivity index (χ1n) is 8.54. The van der Waals surface area contributed by atoms with Crippen LogP contribution in [0.4, 0.5) is 0 Å². The van der Waals surface area contributed by atoms with Crippen LogP contribution in [0.3, 0.4) is 0 Å². The molecule has 0 spiro atoms. The van der Waals surface area contributed by atoms with Crippen LogP contribution in [0.2, 0.25) is 20.1 Å². The predicted octanol–water partition coefficient (Wildman–Crippen LogP) is 3.86. The van der Waals surface area contributed by atoms with Gasteiger partial charge in [-0.25, -0.2) is 0 Å². The van der Waals surface area contributed by atoms with Gasteiger partial charge >= 0.3 is 0 Å². The van der Waals surface area contributed by atoms with Gasteiger partial charge in [0.25, 0.3) is 0 Å². The summed E-state index contributed by atoms with van der Waals surface area (Å²) in [5, 5.41) is 24.6. The largest absolute Gasteiger partial charge is 0.495 e. The topological polar surface area (TPSA) is 106 Å². The first-order valence-corrected chi connectivity index (χ1v) is 10.1. The van der Waals surface area contributed by atoms with Gasteiger partial charge in [-0.15, -0.1) is 10.2 Å². The van der Waals surface area contributed by atoms with Gasteiger partial charge in [-0.05, 0) is 45.1 Å². The summed E-state index contributed by atoms with van der Waals surface area (Å²) >= 11 is 25.2. The first kappa shape index (κ1) is 21.6. The van der Waals surface area contributed by atoms with Gasteiger partial charge in [-0.3, -0.25) is 0 Å². The molecule has 31 heavy (non-hydrogen) atoms. The van der Waals surface area contributed by atoms with Crippen molar-refractivity contribution < 1.29 is 9.47 Å². The maximum absolute atomic E-state index is 6.41. The van der Waals surface area contributed by atoms with E-state index in [2.05, 4.69) is 31.1 Å². The van der Waals surface area contributed by atoms with E-state index in [0.29, 0.717) is 33.8 Å². The first-order chi connectivity index (χ1) is 14.9. The van der Waals surface area contributed by atoms with Crippen molar-refractivity contribution in [2.75, 3.05) is 14.2 Å². The van der Waals surface area contributed by atoms with Gasteiger partial charge in [0.2, 0.25) is 0 Å². The zero-order valence-electron chi connectivity index (χ0n) is 15.9. The van der Waals surface area contributed by atoms with Crippen molar-refractivity contribution in [2.45, 2.75) is 6.42 Å². The summed E-state index contributed by atoms with van der Waals surface area (Å²) in [6.07, 6.45) is 0.168. The highest BCUT2D eigenvalue weighted by atomic mass is 35.5. The number of tetrazole rings is 2. The number of nitrogens with zero attached hydrogens (tertiary/aromatic N) is 8. The van der Waals surface area contributed by atoms with E-state index in [9.17, 15) is 0 Å². The summed E-state index contributed by atoms with van der Waals surface area (Å²) in [6, 6.07) is 6.73. The Morgan fingerprint density at radius 1 is 0.806 bits per heavy atom. The zero-order chi connectivity index (χ0) is 22.1. The average molecular weight is 502 g/mol. The van der Waals surface area contributed by atoms with Crippen molar-refractivity contribution in [3.8, 4) is 22.9 Å². The number of hydrogen-bond donors (Lipinski definition) is 0. The molecule has 0 N–H and O–H groups in total. The molecule has 14 heteroatoms. The minimum absolute atomic E-state index is 0.144. The molecule has 2 aromatic heterocycles. The molecule has 0 radical (unpaired) electrons. The molecule has 160 valence electrons. The molecule has 2 aromatic carbocycles. The normalized spacial score (nSPS) is 11.0. The second-order valence-electron chi connectivity index (χ2n) is 6.05. The second kappa shape index (κ2) is 8.83. The average Bonchev–Trinajstić information content (AvgIpc) is 3.41. The summed E-state index contributed by atoms with van der Waals surface area (Å²) in [5.74, 6) is 1.65. The van der Waals surface area contributed by atoms with Crippen LogP contribution in [0.25, 0.3) is 11.4 Å². The van der Waals surface area contributed by atoms with Crippen LogP contribution >= 0.6 is 46.4 Å². The number of methoxy groups -OCH3 is 2. The molecule has 0 atom stereocenters. The van der Waals surface area contributed by atoms with Crippen LogP contribution in [0, 0.1) is 0 Å². The van der Waals surface area contributed by atoms with E-state index in [-0.39, 0.29) is 27.2 Å². The third kappa shape index (κ3) is 3.99. The van der Waals surface area contributed by atoms with Crippen LogP contribution in [-0.2, 0) is 6.42 Å². The molecule has 0 unspecified atom stereocenters. The molecule has 10 nitrogen and oxygen atoms in total. The smallest absolute Gasteiger partial charge is 0.164 e. The Bertz CT molecular complexity index is 1260. The number of halogens is 4. The fourth-order valence-corrected chi connectivity index (χ4v) is 3.93. The Kier molecular flexibility index (Phi) is 6.15. The molecule has 4 rings (SSSR count). The fourth-order valence-electron chi connectivity index (χ4n) is 2.86. The molecule has 0 aliphatic carbocycles. The molecule has 0 aliphatic rings. The van der Waals surface area contributed by atoms with Gasteiger partial charge in [0.15, 0.2) is 17.4 Å². The molecular formula is C17H12Cl4N8O2. The molecule has 0 bridgehead atoms. The molecular weight excluding hydrogens is 490 g/mol. The Morgan fingerprint density at radius 2 is 1.48 bits per heavy atom. The van der Waals surface area contributed by atoms with E-state index in [4.69, 9.17) is 55.9 Å². The lowest BCUT2D eigenvalue weighted by atomic mass is 10.2. The number of rotatable bonds is 6. The molecule has 0 saturated carbocycles. The van der Waals surface area contributed by atoms with E-state index in [1.165, 1.54) is 23.6 Å². The minimum Gasteiger partial charge on any atom is -0.495 e. The molecule has 0 saturated heterocycles. The lowest BCUT2D eigenvalue weighted by Crippen LogP contribution is -2.10. The predicted molar refractivity (Wildman–Crippen MR) is 114 cm³/mol. The van der Waals surface area contributed by atoms with Crippen molar-refractivity contribution in [1.29, 1.82) is 0 Å². The van der Waals surface area contributed by atoms with E-state index in [1.807, 2.05) is 0 Å². The molecule has 0 aliphatic heterocycles. The van der Waals surface area contributed by atoms with Crippen molar-refractivity contribution in [2.24, 2.45) is 0 Å². The maximum atomic E-state index is 6.41. The van der Waals surface area contributed by atoms with Crippen molar-refractivity contribution in [1.82, 2.24) is 40.4 Å². The van der Waals surface area contributed by atoms with Gasteiger partial charge in [0, 0.05) is 0 Å². The molecule has 4 aromatic rings. The van der Waals surface area contributed by atoms with Crippen LogP contribution in [-0.4, -0.2) is 54.6 Å². The summed E-state index contributed by atoms with van der Waals surface area (Å²) in [5.41, 5.74) is 1.02. The Morgan fingerprint density at radius 3 is 2.13 bits per heavy atom. The minimum atomic E-state index is 0.144. The van der Waals surface area contributed by atoms with Crippen molar-refractivity contribution in [3.63, 3.8) is 0 Å². The fraction of sp³-hybridized carbons (Fsp3) is 0.176. The van der Waals surface area contributed by atoms with Crippen LogP contribution < -0.4 is 9.47 Å². The van der Waals surface area contributed by atoms with E-state index in [1.54, 1.807) is 24.3 Å². The highest BCUT2D eigenvalue weighted by Crippen LogP contribution is 2.41. The van der Waals surface area contributed by atoms with Crippen molar-refractivity contribution in [3.05, 3.63) is 56.0 Å². The molecule has 0 amide bonds. The summed E-state index contributed by atoms with van der Waals surface area (Å²) < 4.78 is 13.3. The lowest BCUT2D eigenvalue weighted by molar-refractivity contribution is 0.415. The lowest BCUT2D eigenvalue weighted by Gasteiger charge is -2.12. The Hall–Kier alpha value is -2.66. The number of aromatic nitrogens is 8. The summed E-state index contributed by atoms with van der Waals surface area (Å²) in [4.78, 5) is 0. The molecule has 0 fully saturated rings. The Labute approximate surface area is 195 Å². The third-order valence-electron chi connectivity index (χ3n) is 4.29. The number of hydrogen-bond acceptors (Lipinski definition) is 8. The third-order valence-corrected chi connectivity index (χ3v) is 5.71. The number of ether oxygens (including phenoxy) is 2. The maximum Gasteiger partial charge on any atom is 0.164 e. The second-order valence-corrected chi connectivity index (χ2v) is 7.62. The van der Waals surface area contributed by atoms with Crippen LogP contribution in [0.5, 0.6) is 11.5 Å². The van der Waals surface area contributed by atoms with Gasteiger partial charge < -0.3 is 9.47 Å². The van der Waals surface area contributed by atoms with Gasteiger partial charge in [0.1, 0.15) is 10.8 Å². The zero-order valence-corrected chi connectivity index (χ0v) is 18.9. The monoisotopic (exact) mass is 500 g/mol. The SMILES string of the molecule is COc1ccc(-n2nnnc2Cc2nnnn2-c2cc(Cl)c(OC)c(Cl)c2Cl)cc1Cl. The van der Waals surface area contributed by atoms with Gasteiger partial charge in [-0.2, -0.15) is 9.36 Å². The van der Waals surface area contributed by atoms with E-state index >= 15 is 0 Å². The van der Waals surface area contributed by atoms with Crippen molar-refractivity contribution >= 4 is 46.4 Å². The van der Waals surface area contributed by atoms with Crippen LogP contribution in [0.15, 0.2) is 24.3 Å². The standard InChI is InChI=1S/C17H12Cl4N8O2/c1-30-12-4-3-8(5-9(12)18)28-13(22-24-26-28)7-14-23-25-27-29(14)11-6-10(19)17(31-2)16(21)15(11)20/h3-6H,7H2,1-2H3. The highest BCUT2D eigenvalue weighted by molar-refractivity contribution is 6.46. The van der Waals surface area contributed by atoms with E-state index in [0.717, 1.165) is 0 Å². The van der Waals surface area contributed by atoms with Gasteiger partial charge in [0.05, 0.1) is 47.1 Å². The molecule has 2 heterocycles. The summed E-state index contributed by atoms with van der Waals surface area (Å²) in [7, 11) is 2.97. The number of benzene rings is 2. The summed E-state index contributed by atoms with van der Waals surface area (Å²) in [6.45, 7) is 0.